The Morgan fingerprint density at radius 2 is 1.38 bits per heavy atom. The molecule has 0 bridgehead atoms. The summed E-state index contributed by atoms with van der Waals surface area (Å²) in [7, 11) is 0. The second-order valence-corrected chi connectivity index (χ2v) is 11.9. The molecule has 5 aromatic carbocycles. The predicted octanol–water partition coefficient (Wildman–Crippen LogP) is 12.1. The first-order valence-electron chi connectivity index (χ1n) is 18.0. The molecule has 7 N–H and O–H groups in total. The van der Waals surface area contributed by atoms with Gasteiger partial charge in [-0.25, -0.2) is 0 Å². The van der Waals surface area contributed by atoms with Crippen LogP contribution in [0, 0.1) is 19.3 Å². The van der Waals surface area contributed by atoms with Crippen molar-refractivity contribution in [1.82, 2.24) is 4.98 Å². The lowest BCUT2D eigenvalue weighted by Gasteiger charge is -2.13. The van der Waals surface area contributed by atoms with Gasteiger partial charge in [-0.05, 0) is 55.0 Å². The summed E-state index contributed by atoms with van der Waals surface area (Å²) in [6, 6.07) is 37.5. The van der Waals surface area contributed by atoms with Crippen molar-refractivity contribution >= 4 is 39.3 Å². The van der Waals surface area contributed by atoms with Gasteiger partial charge < -0.3 is 27.2 Å². The van der Waals surface area contributed by atoms with E-state index < -0.39 is 0 Å². The monoisotopic (exact) mass is 689 g/mol. The number of nitrogen functional groups attached to an aromatic ring is 1. The largest absolute Gasteiger partial charge is 0.397 e. The van der Waals surface area contributed by atoms with Crippen LogP contribution in [0.2, 0.25) is 0 Å². The molecular weight excluding hydrogens is 635 g/mol. The Hall–Kier alpha value is -5.91. The Morgan fingerprint density at radius 1 is 0.788 bits per heavy atom. The van der Waals surface area contributed by atoms with E-state index in [9.17, 15) is 0 Å². The number of allylic oxidation sites excluding steroid dienone is 6. The second-order valence-electron chi connectivity index (χ2n) is 11.9. The first-order valence-corrected chi connectivity index (χ1v) is 18.0. The van der Waals surface area contributed by atoms with Crippen molar-refractivity contribution in [2.24, 2.45) is 5.73 Å². The maximum absolute atomic E-state index is 6.87. The van der Waals surface area contributed by atoms with Gasteiger partial charge in [0, 0.05) is 41.7 Å². The van der Waals surface area contributed by atoms with Crippen molar-refractivity contribution in [2.75, 3.05) is 17.6 Å². The van der Waals surface area contributed by atoms with Gasteiger partial charge >= 0.3 is 0 Å². The van der Waals surface area contributed by atoms with Crippen molar-refractivity contribution in [3.63, 3.8) is 0 Å². The zero-order valence-electron chi connectivity index (χ0n) is 31.2. The van der Waals surface area contributed by atoms with Crippen LogP contribution in [0.4, 0.5) is 11.4 Å². The topological polar surface area (TPSA) is 104 Å². The number of nitrogens with one attached hydrogen (secondary N) is 3. The number of hydrogen-bond donors (Lipinski definition) is 5. The highest BCUT2D eigenvalue weighted by molar-refractivity contribution is 6.18. The van der Waals surface area contributed by atoms with Crippen LogP contribution < -0.4 is 16.8 Å². The summed E-state index contributed by atoms with van der Waals surface area (Å²) in [5, 5.41) is 13.6. The minimum atomic E-state index is 0.640. The summed E-state index contributed by atoms with van der Waals surface area (Å²) in [4.78, 5) is 3.30. The van der Waals surface area contributed by atoms with Gasteiger partial charge in [0.15, 0.2) is 0 Å². The number of nitrogens with two attached hydrogens (primary N) is 2. The molecule has 5 nitrogen and oxygen atoms in total. The first-order chi connectivity index (χ1) is 25.4. The van der Waals surface area contributed by atoms with E-state index in [-0.39, 0.29) is 0 Å². The fourth-order valence-electron chi connectivity index (χ4n) is 5.38. The van der Waals surface area contributed by atoms with Crippen LogP contribution in [-0.4, -0.2) is 17.7 Å². The number of anilines is 2. The quantitative estimate of drug-likeness (QED) is 0.0499. The molecule has 268 valence electrons. The van der Waals surface area contributed by atoms with E-state index in [0.717, 1.165) is 58.0 Å². The number of fused-ring (bicyclic) bond motifs is 3. The third kappa shape index (κ3) is 12.4. The Balaban J connectivity index is 0.000000198. The zero-order valence-corrected chi connectivity index (χ0v) is 31.2. The van der Waals surface area contributed by atoms with Crippen molar-refractivity contribution < 1.29 is 0 Å². The molecule has 0 amide bonds. The smallest absolute Gasteiger partial charge is 0.0678 e. The lowest BCUT2D eigenvalue weighted by Crippen LogP contribution is -2.03. The van der Waals surface area contributed by atoms with Crippen LogP contribution >= 0.6 is 0 Å². The third-order valence-electron chi connectivity index (χ3n) is 8.19. The summed E-state index contributed by atoms with van der Waals surface area (Å²) in [5.74, 6) is 0. The van der Waals surface area contributed by atoms with Gasteiger partial charge in [-0.1, -0.05) is 171 Å². The molecule has 0 unspecified atom stereocenters. The second kappa shape index (κ2) is 22.7. The molecule has 0 aliphatic heterocycles. The molecule has 0 fully saturated rings. The van der Waals surface area contributed by atoms with E-state index in [1.165, 1.54) is 34.0 Å². The fraction of sp³-hybridized carbons (Fsp3) is 0.170. The van der Waals surface area contributed by atoms with Gasteiger partial charge in [0.2, 0.25) is 0 Å². The molecule has 0 atom stereocenters. The molecule has 7 rings (SSSR count). The summed E-state index contributed by atoms with van der Waals surface area (Å²) in [5.41, 5.74) is 22.1. The number of aromatic amines is 1. The molecule has 1 aliphatic carbocycles. The zero-order chi connectivity index (χ0) is 37.6. The van der Waals surface area contributed by atoms with Gasteiger partial charge in [0.05, 0.1) is 16.9 Å². The van der Waals surface area contributed by atoms with Crippen molar-refractivity contribution in [2.45, 2.75) is 47.1 Å². The van der Waals surface area contributed by atoms with Gasteiger partial charge in [-0.2, -0.15) is 0 Å². The third-order valence-corrected chi connectivity index (χ3v) is 8.19. The molecule has 0 saturated carbocycles. The molecule has 0 spiro atoms. The lowest BCUT2D eigenvalue weighted by atomic mass is 10.0. The average molecular weight is 690 g/mol. The SMILES string of the molecule is C=C/C=C\CNc1c(N)c2ccccc2c2[nH]ccc12.CC.Cc1ccc(-c2ccc(C)cc2)cc1.N=CC1=CC=CCC1.NCc1ccccc1. The maximum Gasteiger partial charge on any atom is 0.0678 e. The van der Waals surface area contributed by atoms with E-state index in [4.69, 9.17) is 16.9 Å². The molecule has 5 heteroatoms. The minimum Gasteiger partial charge on any atom is -0.397 e. The molecule has 0 saturated heterocycles. The Labute approximate surface area is 311 Å². The summed E-state index contributed by atoms with van der Waals surface area (Å²) in [6.45, 7) is 13.2. The number of aryl methyl sites for hydroxylation is 2. The highest BCUT2D eigenvalue weighted by atomic mass is 14.9. The molecule has 0 radical (unpaired) electrons. The highest BCUT2D eigenvalue weighted by Crippen LogP contribution is 2.37. The number of rotatable bonds is 7. The normalized spacial score (nSPS) is 11.4. The van der Waals surface area contributed by atoms with Crippen molar-refractivity contribution in [1.29, 1.82) is 5.41 Å². The number of hydrogen-bond acceptors (Lipinski definition) is 4. The Kier molecular flexibility index (Phi) is 17.7. The first kappa shape index (κ1) is 40.5. The van der Waals surface area contributed by atoms with E-state index in [1.807, 2.05) is 86.8 Å². The van der Waals surface area contributed by atoms with E-state index in [1.54, 1.807) is 6.08 Å². The molecule has 1 aromatic heterocycles. The fourth-order valence-corrected chi connectivity index (χ4v) is 5.38. The Morgan fingerprint density at radius 3 is 1.88 bits per heavy atom. The van der Waals surface area contributed by atoms with E-state index in [0.29, 0.717) is 6.54 Å². The van der Waals surface area contributed by atoms with Gasteiger partial charge in [0.1, 0.15) is 0 Å². The van der Waals surface area contributed by atoms with Crippen LogP contribution in [0.25, 0.3) is 32.8 Å². The summed E-state index contributed by atoms with van der Waals surface area (Å²) < 4.78 is 0. The molecule has 52 heavy (non-hydrogen) atoms. The average Bonchev–Trinajstić information content (AvgIpc) is 3.71. The highest BCUT2D eigenvalue weighted by Gasteiger charge is 2.12. The number of H-pyrrole nitrogens is 1. The van der Waals surface area contributed by atoms with Crippen LogP contribution in [0.15, 0.2) is 164 Å². The standard InChI is InChI=1S/C17H17N3.C14H14.2C7H9N.C2H6/c1-2-3-6-10-19-17-14-9-11-20-16(14)13-8-5-4-7-12(13)15(17)18;1-11-3-7-13(8-4-11)14-9-5-12(2)6-10-14;2*8-6-7-4-2-1-3-5-7;1-2/h2-9,11,19-20H,1,10,18H2;3-10H,1-2H3;1-2,4,6,8H,3,5H2;1-5H,6,8H2;1-2H3/b6-3-;;;;. The summed E-state index contributed by atoms with van der Waals surface area (Å²) in [6.07, 6.45) is 17.3. The van der Waals surface area contributed by atoms with Crippen LogP contribution in [0.1, 0.15) is 43.4 Å². The number of aromatic nitrogens is 1. The van der Waals surface area contributed by atoms with Gasteiger partial charge in [-0.3, -0.25) is 0 Å². The molecule has 1 heterocycles. The predicted molar refractivity (Wildman–Crippen MR) is 230 cm³/mol. The molecular formula is C47H55N5. The van der Waals surface area contributed by atoms with Gasteiger partial charge in [-0.15, -0.1) is 0 Å². The Bertz CT molecular complexity index is 1990. The lowest BCUT2D eigenvalue weighted by molar-refractivity contribution is 1.01. The van der Waals surface area contributed by atoms with E-state index in [2.05, 4.69) is 104 Å². The summed E-state index contributed by atoms with van der Waals surface area (Å²) >= 11 is 0. The molecule has 6 aromatic rings. The van der Waals surface area contributed by atoms with Crippen LogP contribution in [-0.2, 0) is 6.54 Å². The van der Waals surface area contributed by atoms with Crippen molar-refractivity contribution in [3.05, 3.63) is 181 Å². The van der Waals surface area contributed by atoms with E-state index >= 15 is 0 Å². The van der Waals surface area contributed by atoms with Crippen molar-refractivity contribution in [3.8, 4) is 11.1 Å². The number of benzene rings is 5. The minimum absolute atomic E-state index is 0.640. The van der Waals surface area contributed by atoms with Crippen LogP contribution in [0.3, 0.4) is 0 Å². The van der Waals surface area contributed by atoms with Crippen LogP contribution in [0.5, 0.6) is 0 Å². The van der Waals surface area contributed by atoms with Gasteiger partial charge in [0.25, 0.3) is 0 Å². The maximum atomic E-state index is 6.87. The molecule has 1 aliphatic rings.